The lowest BCUT2D eigenvalue weighted by Crippen LogP contribution is -2.31. The lowest BCUT2D eigenvalue weighted by molar-refractivity contribution is 0.258. The van der Waals surface area contributed by atoms with Gasteiger partial charge in [-0.3, -0.25) is 4.90 Å². The number of benzene rings is 2. The maximum absolute atomic E-state index is 12.3. The summed E-state index contributed by atoms with van der Waals surface area (Å²) < 4.78 is 1.05. The predicted octanol–water partition coefficient (Wildman–Crippen LogP) is 4.93. The number of amides is 2. The minimum atomic E-state index is -0.251. The number of carbonyl (C=O) groups is 1. The first-order chi connectivity index (χ1) is 10.5. The molecule has 3 rings (SSSR count). The highest BCUT2D eigenvalue weighted by Crippen LogP contribution is 2.28. The first-order valence-corrected chi connectivity index (χ1v) is 7.90. The molecule has 1 aromatic heterocycles. The second-order valence-electron chi connectivity index (χ2n) is 4.92. The third-order valence-corrected chi connectivity index (χ3v) is 4.82. The van der Waals surface area contributed by atoms with Crippen molar-refractivity contribution in [3.63, 3.8) is 0 Å². The molecule has 1 N–H and O–H groups in total. The van der Waals surface area contributed by atoms with E-state index in [-0.39, 0.29) is 6.03 Å². The quantitative estimate of drug-likeness (QED) is 0.724. The summed E-state index contributed by atoms with van der Waals surface area (Å²) in [6.07, 6.45) is 0. The first-order valence-electron chi connectivity index (χ1n) is 6.71. The molecule has 0 fully saturated rings. The second-order valence-corrected chi connectivity index (χ2v) is 6.33. The number of para-hydroxylation sites is 1. The molecule has 0 aliphatic rings. The van der Waals surface area contributed by atoms with Gasteiger partial charge in [0.05, 0.1) is 10.2 Å². The van der Waals surface area contributed by atoms with Crippen LogP contribution in [-0.2, 0) is 0 Å². The van der Waals surface area contributed by atoms with Crippen LogP contribution in [-0.4, -0.2) is 18.1 Å². The van der Waals surface area contributed by atoms with Crippen molar-refractivity contribution in [3.05, 3.63) is 53.1 Å². The molecule has 0 saturated carbocycles. The molecule has 0 aliphatic carbocycles. The van der Waals surface area contributed by atoms with Gasteiger partial charge in [0, 0.05) is 17.8 Å². The summed E-state index contributed by atoms with van der Waals surface area (Å²) in [6.45, 7) is 1.92. The Hall–Kier alpha value is -2.11. The van der Waals surface area contributed by atoms with E-state index in [0.29, 0.717) is 15.8 Å². The molecule has 0 unspecified atom stereocenters. The van der Waals surface area contributed by atoms with Crippen LogP contribution in [0.1, 0.15) is 5.56 Å². The Kier molecular flexibility index (Phi) is 4.00. The lowest BCUT2D eigenvalue weighted by Gasteiger charge is -2.15. The number of hydrogen-bond acceptors (Lipinski definition) is 3. The van der Waals surface area contributed by atoms with E-state index in [2.05, 4.69) is 10.3 Å². The summed E-state index contributed by atoms with van der Waals surface area (Å²) in [7, 11) is 1.70. The minimum Gasteiger partial charge on any atom is -0.307 e. The maximum atomic E-state index is 12.3. The highest BCUT2D eigenvalue weighted by atomic mass is 35.5. The number of thiazole rings is 1. The van der Waals surface area contributed by atoms with Crippen LogP contribution in [0.15, 0.2) is 42.5 Å². The number of hydrogen-bond donors (Lipinski definition) is 1. The zero-order chi connectivity index (χ0) is 15.7. The zero-order valence-electron chi connectivity index (χ0n) is 12.1. The van der Waals surface area contributed by atoms with Crippen molar-refractivity contribution < 1.29 is 4.79 Å². The zero-order valence-corrected chi connectivity index (χ0v) is 13.7. The first kappa shape index (κ1) is 14.8. The molecular weight excluding hydrogens is 318 g/mol. The number of rotatable bonds is 2. The smallest absolute Gasteiger partial charge is 0.307 e. The number of nitrogens with zero attached hydrogens (tertiary/aromatic N) is 2. The average Bonchev–Trinajstić information content (AvgIpc) is 2.94. The van der Waals surface area contributed by atoms with Gasteiger partial charge in [-0.15, -0.1) is 0 Å². The lowest BCUT2D eigenvalue weighted by atomic mass is 10.2. The summed E-state index contributed by atoms with van der Waals surface area (Å²) in [5, 5.41) is 4.10. The Bertz CT molecular complexity index is 813. The van der Waals surface area contributed by atoms with Crippen LogP contribution in [0.25, 0.3) is 10.2 Å². The van der Waals surface area contributed by atoms with E-state index in [1.165, 1.54) is 16.2 Å². The number of carbonyl (C=O) groups excluding carboxylic acids is 1. The molecule has 4 nitrogen and oxygen atoms in total. The molecule has 112 valence electrons. The van der Waals surface area contributed by atoms with Gasteiger partial charge in [0.2, 0.25) is 0 Å². The molecule has 0 spiro atoms. The Morgan fingerprint density at radius 1 is 1.27 bits per heavy atom. The Balaban J connectivity index is 1.80. The fourth-order valence-electron chi connectivity index (χ4n) is 1.97. The van der Waals surface area contributed by atoms with Crippen molar-refractivity contribution in [1.82, 2.24) is 4.98 Å². The van der Waals surface area contributed by atoms with E-state index in [9.17, 15) is 4.79 Å². The highest BCUT2D eigenvalue weighted by molar-refractivity contribution is 7.22. The van der Waals surface area contributed by atoms with E-state index in [4.69, 9.17) is 11.6 Å². The number of fused-ring (bicyclic) bond motifs is 1. The third-order valence-electron chi connectivity index (χ3n) is 3.30. The molecule has 0 atom stereocenters. The van der Waals surface area contributed by atoms with Gasteiger partial charge in [-0.25, -0.2) is 9.78 Å². The van der Waals surface area contributed by atoms with E-state index < -0.39 is 0 Å². The van der Waals surface area contributed by atoms with Crippen molar-refractivity contribution >= 4 is 50.0 Å². The van der Waals surface area contributed by atoms with Crippen LogP contribution < -0.4 is 10.2 Å². The summed E-state index contributed by atoms with van der Waals surface area (Å²) in [6, 6.07) is 13.0. The van der Waals surface area contributed by atoms with Crippen molar-refractivity contribution in [1.29, 1.82) is 0 Å². The van der Waals surface area contributed by atoms with Crippen molar-refractivity contribution in [3.8, 4) is 0 Å². The Morgan fingerprint density at radius 3 is 2.77 bits per heavy atom. The number of nitrogens with one attached hydrogen (secondary N) is 1. The van der Waals surface area contributed by atoms with E-state index in [1.54, 1.807) is 13.1 Å². The van der Waals surface area contributed by atoms with Crippen LogP contribution in [0.4, 0.5) is 15.6 Å². The van der Waals surface area contributed by atoms with Gasteiger partial charge < -0.3 is 5.32 Å². The molecule has 2 aromatic carbocycles. The summed E-state index contributed by atoms with van der Waals surface area (Å²) in [5.41, 5.74) is 2.52. The Labute approximate surface area is 137 Å². The molecule has 0 radical (unpaired) electrons. The van der Waals surface area contributed by atoms with Crippen LogP contribution in [0.2, 0.25) is 5.02 Å². The molecule has 0 saturated heterocycles. The molecule has 0 aliphatic heterocycles. The number of aromatic nitrogens is 1. The topological polar surface area (TPSA) is 45.2 Å². The average molecular weight is 332 g/mol. The molecular formula is C16H14ClN3OS. The SMILES string of the molecule is Cc1ccc(NC(=O)N(C)c2nc3ccccc3s2)cc1Cl. The van der Waals surface area contributed by atoms with Crippen molar-refractivity contribution in [2.24, 2.45) is 0 Å². The van der Waals surface area contributed by atoms with Crippen LogP contribution in [0.5, 0.6) is 0 Å². The molecule has 6 heteroatoms. The van der Waals surface area contributed by atoms with Crippen molar-refractivity contribution in [2.45, 2.75) is 6.92 Å². The van der Waals surface area contributed by atoms with E-state index in [0.717, 1.165) is 15.8 Å². The number of urea groups is 1. The second kappa shape index (κ2) is 5.94. The van der Waals surface area contributed by atoms with Gasteiger partial charge in [0.25, 0.3) is 0 Å². The normalized spacial score (nSPS) is 10.7. The van der Waals surface area contributed by atoms with E-state index >= 15 is 0 Å². The van der Waals surface area contributed by atoms with Gasteiger partial charge in [-0.2, -0.15) is 0 Å². The standard InChI is InChI=1S/C16H14ClN3OS/c1-10-7-8-11(9-12(10)17)18-15(21)20(2)16-19-13-5-3-4-6-14(13)22-16/h3-9H,1-2H3,(H,18,21). The third kappa shape index (κ3) is 2.91. The number of halogens is 1. The summed E-state index contributed by atoms with van der Waals surface area (Å²) >= 11 is 7.55. The van der Waals surface area contributed by atoms with Gasteiger partial charge in [0.1, 0.15) is 0 Å². The summed E-state index contributed by atoms with van der Waals surface area (Å²) in [5.74, 6) is 0. The number of anilines is 2. The van der Waals surface area contributed by atoms with Crippen LogP contribution in [0.3, 0.4) is 0 Å². The van der Waals surface area contributed by atoms with Gasteiger partial charge >= 0.3 is 6.03 Å². The van der Waals surface area contributed by atoms with Gasteiger partial charge in [-0.05, 0) is 36.8 Å². The van der Waals surface area contributed by atoms with Gasteiger partial charge in [-0.1, -0.05) is 41.1 Å². The fraction of sp³-hybridized carbons (Fsp3) is 0.125. The van der Waals surface area contributed by atoms with Crippen molar-refractivity contribution in [2.75, 3.05) is 17.3 Å². The molecule has 0 bridgehead atoms. The highest BCUT2D eigenvalue weighted by Gasteiger charge is 2.15. The molecule has 1 heterocycles. The predicted molar refractivity (Wildman–Crippen MR) is 93.2 cm³/mol. The largest absolute Gasteiger partial charge is 0.327 e. The Morgan fingerprint density at radius 2 is 2.05 bits per heavy atom. The molecule has 22 heavy (non-hydrogen) atoms. The summed E-state index contributed by atoms with van der Waals surface area (Å²) in [4.78, 5) is 18.3. The monoisotopic (exact) mass is 331 g/mol. The number of aryl methyl sites for hydroxylation is 1. The van der Waals surface area contributed by atoms with Gasteiger partial charge in [0.15, 0.2) is 5.13 Å². The van der Waals surface area contributed by atoms with E-state index in [1.807, 2.05) is 43.3 Å². The molecule has 3 aromatic rings. The molecule has 2 amide bonds. The fourth-order valence-corrected chi connectivity index (χ4v) is 3.07. The maximum Gasteiger partial charge on any atom is 0.327 e. The minimum absolute atomic E-state index is 0.251. The van der Waals surface area contributed by atoms with Crippen LogP contribution in [0, 0.1) is 6.92 Å². The van der Waals surface area contributed by atoms with Crippen LogP contribution >= 0.6 is 22.9 Å².